The summed E-state index contributed by atoms with van der Waals surface area (Å²) < 4.78 is 31.6. The first-order valence-corrected chi connectivity index (χ1v) is 15.0. The van der Waals surface area contributed by atoms with Gasteiger partial charge in [0, 0.05) is 24.2 Å². The molecule has 1 aliphatic carbocycles. The smallest absolute Gasteiger partial charge is 0.269 e. The number of carbonyl (C=O) groups is 3. The van der Waals surface area contributed by atoms with Gasteiger partial charge in [0.05, 0.1) is 26.1 Å². The molecule has 3 amide bonds. The quantitative estimate of drug-likeness (QED) is 0.183. The van der Waals surface area contributed by atoms with Crippen LogP contribution < -0.4 is 40.8 Å². The highest BCUT2D eigenvalue weighted by molar-refractivity contribution is 5.99. The van der Waals surface area contributed by atoms with Gasteiger partial charge in [-0.1, -0.05) is 6.58 Å². The number of benzene rings is 1. The summed E-state index contributed by atoms with van der Waals surface area (Å²) >= 11 is 0. The Morgan fingerprint density at radius 2 is 1.89 bits per heavy atom. The van der Waals surface area contributed by atoms with Gasteiger partial charge in [-0.3, -0.25) is 14.4 Å². The van der Waals surface area contributed by atoms with Gasteiger partial charge in [0.2, 0.25) is 17.8 Å². The molecule has 2 aliphatic rings. The molecule has 5 rings (SSSR count). The molecule has 0 spiro atoms. The first-order chi connectivity index (χ1) is 22.5. The molecule has 0 bridgehead atoms. The first-order valence-electron chi connectivity index (χ1n) is 15.0. The highest BCUT2D eigenvalue weighted by atomic mass is 19.1. The number of aromatic nitrogens is 3. The Balaban J connectivity index is 1.29. The summed E-state index contributed by atoms with van der Waals surface area (Å²) in [6.07, 6.45) is 5.24. The van der Waals surface area contributed by atoms with Crippen LogP contribution in [0.5, 0.6) is 17.2 Å². The van der Waals surface area contributed by atoms with E-state index in [4.69, 9.17) is 14.2 Å². The lowest BCUT2D eigenvalue weighted by atomic mass is 9.81. The molecule has 248 valence electrons. The van der Waals surface area contributed by atoms with Crippen molar-refractivity contribution in [3.63, 3.8) is 0 Å². The van der Waals surface area contributed by atoms with Gasteiger partial charge < -0.3 is 40.8 Å². The SMILES string of the molecule is C=CC(=O)NC[C@H]1CC[C@H](C(=O)Nc2cc(Nc3ncc(F)c(Nc4ccc5c(n4)NC(=O)C(C)(C)O5)n3)c(OC)c(OC)c2)CC1. The molecule has 1 fully saturated rings. The average molecular weight is 649 g/mol. The number of halogens is 1. The zero-order valence-corrected chi connectivity index (χ0v) is 26.5. The van der Waals surface area contributed by atoms with Crippen LogP contribution in [-0.4, -0.2) is 59.0 Å². The molecule has 1 aliphatic heterocycles. The van der Waals surface area contributed by atoms with Gasteiger partial charge in [0.15, 0.2) is 40.3 Å². The third kappa shape index (κ3) is 7.68. The van der Waals surface area contributed by atoms with E-state index in [1.54, 1.807) is 38.1 Å². The Bertz CT molecular complexity index is 1690. The second kappa shape index (κ2) is 13.9. The minimum absolute atomic E-state index is 0.0101. The molecule has 3 heterocycles. The summed E-state index contributed by atoms with van der Waals surface area (Å²) in [6.45, 7) is 7.30. The second-order valence-electron chi connectivity index (χ2n) is 11.7. The van der Waals surface area contributed by atoms with E-state index in [1.165, 1.54) is 20.3 Å². The normalized spacial score (nSPS) is 18.0. The molecule has 47 heavy (non-hydrogen) atoms. The number of amides is 3. The van der Waals surface area contributed by atoms with Crippen molar-refractivity contribution in [2.75, 3.05) is 42.0 Å². The van der Waals surface area contributed by atoms with Crippen LogP contribution >= 0.6 is 0 Å². The fourth-order valence-corrected chi connectivity index (χ4v) is 5.34. The Morgan fingerprint density at radius 3 is 2.60 bits per heavy atom. The van der Waals surface area contributed by atoms with Gasteiger partial charge in [0.1, 0.15) is 5.82 Å². The zero-order valence-electron chi connectivity index (χ0n) is 26.5. The number of ether oxygens (including phenoxy) is 3. The highest BCUT2D eigenvalue weighted by Gasteiger charge is 2.36. The maximum Gasteiger partial charge on any atom is 0.269 e. The van der Waals surface area contributed by atoms with E-state index in [1.807, 2.05) is 0 Å². The number of nitrogens with zero attached hydrogens (tertiary/aromatic N) is 3. The molecule has 5 N–H and O–H groups in total. The number of nitrogens with one attached hydrogen (secondary N) is 5. The molecular weight excluding hydrogens is 611 g/mol. The summed E-state index contributed by atoms with van der Waals surface area (Å²) in [5.74, 6) is -0.106. The Labute approximate surface area is 270 Å². The molecule has 2 aromatic heterocycles. The number of anilines is 6. The third-order valence-electron chi connectivity index (χ3n) is 7.95. The molecule has 3 aromatic rings. The Hall–Kier alpha value is -5.47. The summed E-state index contributed by atoms with van der Waals surface area (Å²) in [5.41, 5.74) is -0.253. The maximum absolute atomic E-state index is 14.8. The molecule has 0 atom stereocenters. The fraction of sp³-hybridized carbons (Fsp3) is 0.375. The molecule has 0 radical (unpaired) electrons. The van der Waals surface area contributed by atoms with Crippen molar-refractivity contribution in [3.8, 4) is 17.2 Å². The van der Waals surface area contributed by atoms with Crippen LogP contribution in [0.3, 0.4) is 0 Å². The van der Waals surface area contributed by atoms with Crippen molar-refractivity contribution >= 4 is 52.5 Å². The average Bonchev–Trinajstić information content (AvgIpc) is 3.05. The summed E-state index contributed by atoms with van der Waals surface area (Å²) in [7, 11) is 2.93. The zero-order chi connectivity index (χ0) is 33.7. The molecule has 0 unspecified atom stereocenters. The molecule has 15 heteroatoms. The van der Waals surface area contributed by atoms with Crippen molar-refractivity contribution in [2.45, 2.75) is 45.1 Å². The van der Waals surface area contributed by atoms with Crippen molar-refractivity contribution in [2.24, 2.45) is 11.8 Å². The van der Waals surface area contributed by atoms with E-state index in [9.17, 15) is 18.8 Å². The lowest BCUT2D eigenvalue weighted by Crippen LogP contribution is -2.46. The van der Waals surface area contributed by atoms with Gasteiger partial charge in [-0.15, -0.1) is 0 Å². The van der Waals surface area contributed by atoms with Crippen LogP contribution in [0.4, 0.5) is 39.2 Å². The van der Waals surface area contributed by atoms with Crippen molar-refractivity contribution < 1.29 is 33.0 Å². The molecule has 14 nitrogen and oxygen atoms in total. The number of fused-ring (bicyclic) bond motifs is 1. The van der Waals surface area contributed by atoms with Crippen molar-refractivity contribution in [1.82, 2.24) is 20.3 Å². The molecule has 1 aromatic carbocycles. The van der Waals surface area contributed by atoms with Crippen LogP contribution in [0, 0.1) is 17.7 Å². The van der Waals surface area contributed by atoms with Crippen molar-refractivity contribution in [3.05, 3.63) is 48.9 Å². The third-order valence-corrected chi connectivity index (χ3v) is 7.95. The van der Waals surface area contributed by atoms with Gasteiger partial charge in [0.25, 0.3) is 5.91 Å². The van der Waals surface area contributed by atoms with Gasteiger partial charge >= 0.3 is 0 Å². The monoisotopic (exact) mass is 648 g/mol. The van der Waals surface area contributed by atoms with Crippen LogP contribution in [0.25, 0.3) is 0 Å². The minimum Gasteiger partial charge on any atom is -0.493 e. The summed E-state index contributed by atoms with van der Waals surface area (Å²) in [4.78, 5) is 49.6. The molecular formula is C32H37FN8O6. The van der Waals surface area contributed by atoms with Gasteiger partial charge in [-0.05, 0) is 69.7 Å². The predicted octanol–water partition coefficient (Wildman–Crippen LogP) is 4.67. The molecule has 0 saturated heterocycles. The molecule has 1 saturated carbocycles. The number of rotatable bonds is 11. The Morgan fingerprint density at radius 1 is 1.13 bits per heavy atom. The first kappa shape index (κ1) is 32.9. The van der Waals surface area contributed by atoms with E-state index < -0.39 is 11.4 Å². The lowest BCUT2D eigenvalue weighted by Gasteiger charge is -2.30. The predicted molar refractivity (Wildman–Crippen MR) is 173 cm³/mol. The Kier molecular flexibility index (Phi) is 9.72. The summed E-state index contributed by atoms with van der Waals surface area (Å²) in [6, 6.07) is 6.46. The van der Waals surface area contributed by atoms with Crippen LogP contribution in [0.15, 0.2) is 43.1 Å². The van der Waals surface area contributed by atoms with Gasteiger partial charge in [-0.2, -0.15) is 4.98 Å². The summed E-state index contributed by atoms with van der Waals surface area (Å²) in [5, 5.41) is 14.3. The highest BCUT2D eigenvalue weighted by Crippen LogP contribution is 2.40. The van der Waals surface area contributed by atoms with Crippen LogP contribution in [0.2, 0.25) is 0 Å². The van der Waals surface area contributed by atoms with Crippen molar-refractivity contribution in [1.29, 1.82) is 0 Å². The number of hydrogen-bond acceptors (Lipinski definition) is 11. The van der Waals surface area contributed by atoms with E-state index in [0.717, 1.165) is 19.0 Å². The van der Waals surface area contributed by atoms with E-state index >= 15 is 0 Å². The minimum atomic E-state index is -1.06. The van der Waals surface area contributed by atoms with Gasteiger partial charge in [-0.25, -0.2) is 14.4 Å². The number of carbonyl (C=O) groups excluding carboxylic acids is 3. The number of hydrogen-bond donors (Lipinski definition) is 5. The topological polar surface area (TPSA) is 178 Å². The van der Waals surface area contributed by atoms with Crippen LogP contribution in [-0.2, 0) is 14.4 Å². The van der Waals surface area contributed by atoms with E-state index in [2.05, 4.69) is 48.1 Å². The standard InChI is InChI=1S/C32H37FN8O6/c1-6-25(42)34-15-17-7-9-18(10-8-17)29(43)36-19-13-21(26(46-5)23(14-19)45-4)37-31-35-16-20(33)27(41-31)38-24-12-11-22-28(39-24)40-30(44)32(2,3)47-22/h6,11-14,16-18H,1,7-10,15H2,2-5H3,(H,34,42)(H,36,43)(H3,35,37,38,39,40,41,44)/t17-,18-. The lowest BCUT2D eigenvalue weighted by molar-refractivity contribution is -0.129. The number of pyridine rings is 1. The maximum atomic E-state index is 14.8. The second-order valence-corrected chi connectivity index (χ2v) is 11.7. The van der Waals surface area contributed by atoms with E-state index in [0.29, 0.717) is 53.9 Å². The number of methoxy groups -OCH3 is 2. The largest absolute Gasteiger partial charge is 0.493 e. The van der Waals surface area contributed by atoms with Crippen LogP contribution in [0.1, 0.15) is 39.5 Å². The van der Waals surface area contributed by atoms with E-state index in [-0.39, 0.29) is 47.0 Å². The fourth-order valence-electron chi connectivity index (χ4n) is 5.34.